The lowest BCUT2D eigenvalue weighted by atomic mass is 9.73. The van der Waals surface area contributed by atoms with E-state index < -0.39 is 0 Å². The third kappa shape index (κ3) is 4.79. The second kappa shape index (κ2) is 6.37. The Kier molecular flexibility index (Phi) is 5.15. The first-order valence-corrected chi connectivity index (χ1v) is 9.25. The SMILES string of the molecule is CCc1nc(C2CCC(C)(C)CC2)sc1CNC(C)(C)C. The predicted octanol–water partition coefficient (Wildman–Crippen LogP) is 5.28. The van der Waals surface area contributed by atoms with E-state index >= 15 is 0 Å². The van der Waals surface area contributed by atoms with Gasteiger partial charge in [0.15, 0.2) is 0 Å². The van der Waals surface area contributed by atoms with E-state index in [0.717, 1.165) is 13.0 Å². The summed E-state index contributed by atoms with van der Waals surface area (Å²) < 4.78 is 0. The van der Waals surface area contributed by atoms with E-state index in [1.807, 2.05) is 11.3 Å². The van der Waals surface area contributed by atoms with E-state index in [4.69, 9.17) is 4.98 Å². The molecule has 0 unspecified atom stereocenters. The van der Waals surface area contributed by atoms with Crippen LogP contribution in [0.15, 0.2) is 0 Å². The van der Waals surface area contributed by atoms with Gasteiger partial charge in [-0.25, -0.2) is 4.98 Å². The van der Waals surface area contributed by atoms with Crippen molar-refractivity contribution in [3.8, 4) is 0 Å². The van der Waals surface area contributed by atoms with Crippen molar-refractivity contribution < 1.29 is 0 Å². The van der Waals surface area contributed by atoms with Crippen LogP contribution >= 0.6 is 11.3 Å². The number of aromatic nitrogens is 1. The molecule has 0 radical (unpaired) electrons. The second-order valence-corrected chi connectivity index (χ2v) is 9.43. The van der Waals surface area contributed by atoms with Crippen molar-refractivity contribution in [1.29, 1.82) is 0 Å². The number of hydrogen-bond acceptors (Lipinski definition) is 3. The molecule has 1 N–H and O–H groups in total. The Morgan fingerprint density at radius 2 is 1.86 bits per heavy atom. The number of rotatable bonds is 4. The first kappa shape index (κ1) is 17.0. The number of aryl methyl sites for hydroxylation is 1. The van der Waals surface area contributed by atoms with Crippen molar-refractivity contribution in [2.24, 2.45) is 5.41 Å². The average molecular weight is 309 g/mol. The van der Waals surface area contributed by atoms with Crippen LogP contribution in [0.5, 0.6) is 0 Å². The summed E-state index contributed by atoms with van der Waals surface area (Å²) in [5.74, 6) is 0.705. The molecule has 0 saturated heterocycles. The normalized spacial score (nSPS) is 19.9. The van der Waals surface area contributed by atoms with E-state index in [2.05, 4.69) is 46.9 Å². The highest BCUT2D eigenvalue weighted by Gasteiger charge is 2.29. The maximum Gasteiger partial charge on any atom is 0.0962 e. The summed E-state index contributed by atoms with van der Waals surface area (Å²) in [6.07, 6.45) is 6.37. The minimum atomic E-state index is 0.171. The topological polar surface area (TPSA) is 24.9 Å². The molecule has 0 aliphatic heterocycles. The first-order chi connectivity index (χ1) is 9.70. The fourth-order valence-corrected chi connectivity index (χ4v) is 4.25. The van der Waals surface area contributed by atoms with Gasteiger partial charge < -0.3 is 5.32 Å². The average Bonchev–Trinajstić information content (AvgIpc) is 2.78. The summed E-state index contributed by atoms with van der Waals surface area (Å²) in [7, 11) is 0. The first-order valence-electron chi connectivity index (χ1n) is 8.44. The highest BCUT2D eigenvalue weighted by molar-refractivity contribution is 7.11. The smallest absolute Gasteiger partial charge is 0.0962 e. The Hall–Kier alpha value is -0.410. The zero-order chi connectivity index (χ0) is 15.7. The highest BCUT2D eigenvalue weighted by atomic mass is 32.1. The van der Waals surface area contributed by atoms with Gasteiger partial charge in [-0.3, -0.25) is 0 Å². The molecule has 2 rings (SSSR count). The van der Waals surface area contributed by atoms with Gasteiger partial charge in [0.25, 0.3) is 0 Å². The molecule has 3 heteroatoms. The molecule has 1 fully saturated rings. The van der Waals surface area contributed by atoms with E-state index in [1.54, 1.807) is 0 Å². The Bertz CT molecular complexity index is 458. The highest BCUT2D eigenvalue weighted by Crippen LogP contribution is 2.43. The minimum absolute atomic E-state index is 0.171. The molecule has 1 aliphatic rings. The summed E-state index contributed by atoms with van der Waals surface area (Å²) in [6, 6.07) is 0. The summed E-state index contributed by atoms with van der Waals surface area (Å²) in [4.78, 5) is 6.43. The van der Waals surface area contributed by atoms with E-state index in [9.17, 15) is 0 Å². The van der Waals surface area contributed by atoms with Crippen molar-refractivity contribution in [2.75, 3.05) is 0 Å². The monoisotopic (exact) mass is 308 g/mol. The van der Waals surface area contributed by atoms with Gasteiger partial charge in [-0.2, -0.15) is 0 Å². The zero-order valence-corrected chi connectivity index (χ0v) is 15.5. The van der Waals surface area contributed by atoms with Crippen LogP contribution in [0.4, 0.5) is 0 Å². The maximum absolute atomic E-state index is 4.98. The lowest BCUT2D eigenvalue weighted by Crippen LogP contribution is -2.35. The van der Waals surface area contributed by atoms with Gasteiger partial charge in [0, 0.05) is 22.9 Å². The largest absolute Gasteiger partial charge is 0.307 e. The Balaban J connectivity index is 2.06. The van der Waals surface area contributed by atoms with Crippen LogP contribution in [-0.2, 0) is 13.0 Å². The van der Waals surface area contributed by atoms with Gasteiger partial charge >= 0.3 is 0 Å². The molecule has 0 amide bonds. The van der Waals surface area contributed by atoms with Gasteiger partial charge in [0.05, 0.1) is 10.7 Å². The molecule has 0 bridgehead atoms. The van der Waals surface area contributed by atoms with Crippen LogP contribution in [-0.4, -0.2) is 10.5 Å². The molecule has 2 nitrogen and oxygen atoms in total. The van der Waals surface area contributed by atoms with Crippen LogP contribution in [0, 0.1) is 5.41 Å². The quantitative estimate of drug-likeness (QED) is 0.818. The summed E-state index contributed by atoms with van der Waals surface area (Å²) in [6.45, 7) is 14.7. The van der Waals surface area contributed by atoms with Crippen LogP contribution < -0.4 is 5.32 Å². The van der Waals surface area contributed by atoms with E-state index in [1.165, 1.54) is 41.3 Å². The fraction of sp³-hybridized carbons (Fsp3) is 0.833. The van der Waals surface area contributed by atoms with Crippen molar-refractivity contribution >= 4 is 11.3 Å². The summed E-state index contributed by atoms with van der Waals surface area (Å²) in [5, 5.41) is 5.01. The third-order valence-electron chi connectivity index (χ3n) is 4.60. The zero-order valence-electron chi connectivity index (χ0n) is 14.7. The maximum atomic E-state index is 4.98. The fourth-order valence-electron chi connectivity index (χ4n) is 2.98. The molecular formula is C18H32N2S. The van der Waals surface area contributed by atoms with Crippen molar-refractivity contribution in [3.63, 3.8) is 0 Å². The molecule has 1 heterocycles. The van der Waals surface area contributed by atoms with Crippen LogP contribution in [0.3, 0.4) is 0 Å². The molecule has 21 heavy (non-hydrogen) atoms. The number of hydrogen-bond donors (Lipinski definition) is 1. The van der Waals surface area contributed by atoms with E-state index in [-0.39, 0.29) is 5.54 Å². The molecule has 1 aromatic rings. The molecule has 0 atom stereocenters. The predicted molar refractivity (Wildman–Crippen MR) is 93.1 cm³/mol. The Labute approximate surface area is 134 Å². The lowest BCUT2D eigenvalue weighted by molar-refractivity contribution is 0.224. The Morgan fingerprint density at radius 1 is 1.24 bits per heavy atom. The summed E-state index contributed by atoms with van der Waals surface area (Å²) >= 11 is 1.96. The number of nitrogens with zero attached hydrogens (tertiary/aromatic N) is 1. The third-order valence-corrected chi connectivity index (χ3v) is 5.86. The van der Waals surface area contributed by atoms with Gasteiger partial charge in [-0.1, -0.05) is 20.8 Å². The summed E-state index contributed by atoms with van der Waals surface area (Å²) in [5.41, 5.74) is 2.03. The molecule has 1 saturated carbocycles. The van der Waals surface area contributed by atoms with Gasteiger partial charge in [-0.15, -0.1) is 11.3 Å². The molecule has 120 valence electrons. The minimum Gasteiger partial charge on any atom is -0.307 e. The van der Waals surface area contributed by atoms with Gasteiger partial charge in [-0.05, 0) is 58.3 Å². The van der Waals surface area contributed by atoms with Crippen LogP contribution in [0.25, 0.3) is 0 Å². The van der Waals surface area contributed by atoms with Crippen molar-refractivity contribution in [3.05, 3.63) is 15.6 Å². The molecular weight excluding hydrogens is 276 g/mol. The van der Waals surface area contributed by atoms with Crippen molar-refractivity contribution in [2.45, 2.75) is 91.6 Å². The number of thiazole rings is 1. The molecule has 0 spiro atoms. The molecule has 0 aromatic carbocycles. The molecule has 1 aromatic heterocycles. The number of nitrogens with one attached hydrogen (secondary N) is 1. The Morgan fingerprint density at radius 3 is 2.38 bits per heavy atom. The van der Waals surface area contributed by atoms with Crippen LogP contribution in [0.1, 0.15) is 88.7 Å². The van der Waals surface area contributed by atoms with Gasteiger partial charge in [0.2, 0.25) is 0 Å². The second-order valence-electron chi connectivity index (χ2n) is 8.32. The van der Waals surface area contributed by atoms with Crippen LogP contribution in [0.2, 0.25) is 0 Å². The van der Waals surface area contributed by atoms with E-state index in [0.29, 0.717) is 11.3 Å². The van der Waals surface area contributed by atoms with Crippen molar-refractivity contribution in [1.82, 2.24) is 10.3 Å². The molecule has 1 aliphatic carbocycles. The standard InChI is InChI=1S/C18H32N2S/c1-7-14-15(12-19-17(2,3)4)21-16(20-14)13-8-10-18(5,6)11-9-13/h13,19H,7-12H2,1-6H3. The van der Waals surface area contributed by atoms with Gasteiger partial charge in [0.1, 0.15) is 0 Å². The lowest BCUT2D eigenvalue weighted by Gasteiger charge is -2.33.